The van der Waals surface area contributed by atoms with Crippen molar-refractivity contribution in [3.8, 4) is 0 Å². The summed E-state index contributed by atoms with van der Waals surface area (Å²) in [5.74, 6) is 0. The maximum Gasteiger partial charge on any atom is 0.0771 e. The average Bonchev–Trinajstić information content (AvgIpc) is 2.33. The zero-order valence-electron chi connectivity index (χ0n) is 10.4. The van der Waals surface area contributed by atoms with Crippen molar-refractivity contribution in [2.75, 3.05) is 20.3 Å². The Morgan fingerprint density at radius 2 is 2.06 bits per heavy atom. The van der Waals surface area contributed by atoms with Gasteiger partial charge in [0.1, 0.15) is 0 Å². The number of aliphatic hydroxyl groups is 1. The van der Waals surface area contributed by atoms with E-state index >= 15 is 0 Å². The molecule has 0 radical (unpaired) electrons. The Morgan fingerprint density at radius 3 is 2.59 bits per heavy atom. The second-order valence-electron chi connectivity index (χ2n) is 4.88. The second kappa shape index (κ2) is 5.63. The van der Waals surface area contributed by atoms with Crippen LogP contribution in [-0.2, 0) is 4.74 Å². The van der Waals surface area contributed by atoms with Crippen molar-refractivity contribution in [3.63, 3.8) is 0 Å². The summed E-state index contributed by atoms with van der Waals surface area (Å²) in [6, 6.07) is 10.4. The predicted octanol–water partition coefficient (Wildman–Crippen LogP) is 1.88. The number of nitrogens with one attached hydrogen (secondary N) is 1. The Bertz CT molecular complexity index is 335. The van der Waals surface area contributed by atoms with E-state index in [1.807, 2.05) is 18.2 Å². The molecule has 0 amide bonds. The molecule has 1 unspecified atom stereocenters. The van der Waals surface area contributed by atoms with Gasteiger partial charge in [-0.25, -0.2) is 0 Å². The molecule has 0 bridgehead atoms. The third-order valence-corrected chi connectivity index (χ3v) is 3.50. The summed E-state index contributed by atoms with van der Waals surface area (Å²) in [5, 5.41) is 13.5. The lowest BCUT2D eigenvalue weighted by Crippen LogP contribution is -2.47. The molecule has 17 heavy (non-hydrogen) atoms. The van der Waals surface area contributed by atoms with Gasteiger partial charge in [0.05, 0.1) is 18.2 Å². The van der Waals surface area contributed by atoms with Crippen LogP contribution in [0.4, 0.5) is 0 Å². The Labute approximate surface area is 103 Å². The highest BCUT2D eigenvalue weighted by molar-refractivity contribution is 5.19. The quantitative estimate of drug-likeness (QED) is 0.791. The summed E-state index contributed by atoms with van der Waals surface area (Å²) in [4.78, 5) is 0. The third-order valence-electron chi connectivity index (χ3n) is 3.50. The molecule has 0 spiro atoms. The standard InChI is InChI=1S/C14H21NO2/c1-17-10-13(12-6-3-2-4-7-12)15-11-14(16)8-5-9-14/h2-4,6-7,13,15-16H,5,8-11H2,1H3. The molecular weight excluding hydrogens is 214 g/mol. The molecule has 1 aromatic rings. The highest BCUT2D eigenvalue weighted by Crippen LogP contribution is 2.31. The number of hydrogen-bond acceptors (Lipinski definition) is 3. The van der Waals surface area contributed by atoms with Crippen molar-refractivity contribution in [1.29, 1.82) is 0 Å². The number of benzene rings is 1. The van der Waals surface area contributed by atoms with Crippen LogP contribution in [0.2, 0.25) is 0 Å². The van der Waals surface area contributed by atoms with Gasteiger partial charge >= 0.3 is 0 Å². The van der Waals surface area contributed by atoms with E-state index in [0.717, 1.165) is 19.3 Å². The first-order valence-electron chi connectivity index (χ1n) is 6.23. The molecule has 0 heterocycles. The fourth-order valence-electron chi connectivity index (χ4n) is 2.20. The smallest absolute Gasteiger partial charge is 0.0771 e. The zero-order valence-corrected chi connectivity index (χ0v) is 10.4. The summed E-state index contributed by atoms with van der Waals surface area (Å²) < 4.78 is 5.23. The van der Waals surface area contributed by atoms with Gasteiger partial charge in [-0.3, -0.25) is 0 Å². The maximum atomic E-state index is 10.1. The van der Waals surface area contributed by atoms with Crippen LogP contribution < -0.4 is 5.32 Å². The van der Waals surface area contributed by atoms with Crippen molar-refractivity contribution in [2.45, 2.75) is 30.9 Å². The first-order chi connectivity index (χ1) is 8.23. The Hall–Kier alpha value is -0.900. The molecule has 0 saturated heterocycles. The van der Waals surface area contributed by atoms with Gasteiger partial charge in [-0.1, -0.05) is 30.3 Å². The van der Waals surface area contributed by atoms with Crippen molar-refractivity contribution >= 4 is 0 Å². The van der Waals surface area contributed by atoms with Crippen molar-refractivity contribution in [2.24, 2.45) is 0 Å². The van der Waals surface area contributed by atoms with E-state index in [0.29, 0.717) is 13.2 Å². The highest BCUT2D eigenvalue weighted by atomic mass is 16.5. The van der Waals surface area contributed by atoms with Crippen LogP contribution in [0.3, 0.4) is 0 Å². The molecule has 2 N–H and O–H groups in total. The highest BCUT2D eigenvalue weighted by Gasteiger charge is 2.34. The van der Waals surface area contributed by atoms with Crippen LogP contribution >= 0.6 is 0 Å². The molecule has 1 fully saturated rings. The number of ether oxygens (including phenoxy) is 1. The molecule has 0 aliphatic heterocycles. The first-order valence-corrected chi connectivity index (χ1v) is 6.23. The number of methoxy groups -OCH3 is 1. The average molecular weight is 235 g/mol. The predicted molar refractivity (Wildman–Crippen MR) is 67.9 cm³/mol. The molecule has 1 aliphatic rings. The largest absolute Gasteiger partial charge is 0.389 e. The van der Waals surface area contributed by atoms with E-state index in [-0.39, 0.29) is 6.04 Å². The van der Waals surface area contributed by atoms with Crippen molar-refractivity contribution in [1.82, 2.24) is 5.32 Å². The molecule has 1 aliphatic carbocycles. The summed E-state index contributed by atoms with van der Waals surface area (Å²) >= 11 is 0. The monoisotopic (exact) mass is 235 g/mol. The van der Waals surface area contributed by atoms with Crippen LogP contribution in [0.25, 0.3) is 0 Å². The van der Waals surface area contributed by atoms with Crippen LogP contribution in [0.15, 0.2) is 30.3 Å². The van der Waals surface area contributed by atoms with Crippen LogP contribution in [0.1, 0.15) is 30.9 Å². The summed E-state index contributed by atoms with van der Waals surface area (Å²) in [6.07, 6.45) is 2.96. The van der Waals surface area contributed by atoms with Gasteiger partial charge in [-0.05, 0) is 24.8 Å². The first kappa shape index (κ1) is 12.6. The molecule has 0 aromatic heterocycles. The lowest BCUT2D eigenvalue weighted by atomic mass is 9.80. The van der Waals surface area contributed by atoms with Gasteiger partial charge < -0.3 is 15.2 Å². The molecule has 2 rings (SSSR count). The van der Waals surface area contributed by atoms with E-state index < -0.39 is 5.60 Å². The summed E-state index contributed by atoms with van der Waals surface area (Å²) in [6.45, 7) is 1.27. The van der Waals surface area contributed by atoms with E-state index in [2.05, 4.69) is 17.4 Å². The normalized spacial score (nSPS) is 19.6. The van der Waals surface area contributed by atoms with Gasteiger partial charge in [0, 0.05) is 13.7 Å². The van der Waals surface area contributed by atoms with Crippen LogP contribution in [0.5, 0.6) is 0 Å². The molecule has 1 aromatic carbocycles. The minimum Gasteiger partial charge on any atom is -0.389 e. The van der Waals surface area contributed by atoms with Gasteiger partial charge in [0.2, 0.25) is 0 Å². The number of rotatable bonds is 6. The van der Waals surface area contributed by atoms with Gasteiger partial charge in [0.25, 0.3) is 0 Å². The van der Waals surface area contributed by atoms with Crippen molar-refractivity contribution < 1.29 is 9.84 Å². The number of hydrogen-bond donors (Lipinski definition) is 2. The SMILES string of the molecule is COCC(NCC1(O)CCC1)c1ccccc1. The Morgan fingerprint density at radius 1 is 1.35 bits per heavy atom. The minimum atomic E-state index is -0.485. The van der Waals surface area contributed by atoms with Gasteiger partial charge in [-0.2, -0.15) is 0 Å². The van der Waals surface area contributed by atoms with E-state index in [1.165, 1.54) is 5.56 Å². The summed E-state index contributed by atoms with van der Waals surface area (Å²) in [7, 11) is 1.70. The van der Waals surface area contributed by atoms with E-state index in [4.69, 9.17) is 4.74 Å². The van der Waals surface area contributed by atoms with Gasteiger partial charge in [-0.15, -0.1) is 0 Å². The Kier molecular flexibility index (Phi) is 4.15. The Balaban J connectivity index is 1.93. The fraction of sp³-hybridized carbons (Fsp3) is 0.571. The van der Waals surface area contributed by atoms with Crippen molar-refractivity contribution in [3.05, 3.63) is 35.9 Å². The molecule has 3 nitrogen and oxygen atoms in total. The fourth-order valence-corrected chi connectivity index (χ4v) is 2.20. The molecule has 1 saturated carbocycles. The van der Waals surface area contributed by atoms with Crippen LogP contribution in [0, 0.1) is 0 Å². The molecular formula is C14H21NO2. The zero-order chi connectivity index (χ0) is 12.1. The molecule has 1 atom stereocenters. The summed E-state index contributed by atoms with van der Waals surface area (Å²) in [5.41, 5.74) is 0.720. The topological polar surface area (TPSA) is 41.5 Å². The molecule has 94 valence electrons. The second-order valence-corrected chi connectivity index (χ2v) is 4.88. The lowest BCUT2D eigenvalue weighted by molar-refractivity contribution is -0.0349. The van der Waals surface area contributed by atoms with Crippen LogP contribution in [-0.4, -0.2) is 31.0 Å². The third kappa shape index (κ3) is 3.28. The van der Waals surface area contributed by atoms with E-state index in [9.17, 15) is 5.11 Å². The minimum absolute atomic E-state index is 0.158. The van der Waals surface area contributed by atoms with E-state index in [1.54, 1.807) is 7.11 Å². The molecule has 3 heteroatoms. The lowest BCUT2D eigenvalue weighted by Gasteiger charge is -2.38. The maximum absolute atomic E-state index is 10.1. The van der Waals surface area contributed by atoms with Gasteiger partial charge in [0.15, 0.2) is 0 Å².